The molecule has 3 unspecified atom stereocenters. The summed E-state index contributed by atoms with van der Waals surface area (Å²) < 4.78 is 17.0. The molecule has 3 rings (SSSR count). The van der Waals surface area contributed by atoms with Crippen LogP contribution in [0.25, 0.3) is 0 Å². The predicted molar refractivity (Wildman–Crippen MR) is 58.9 cm³/mol. The molecule has 2 saturated heterocycles. The van der Waals surface area contributed by atoms with Gasteiger partial charge in [0.05, 0.1) is 31.6 Å². The number of morpholine rings is 1. The minimum atomic E-state index is 0.207. The molecule has 0 amide bonds. The molecule has 0 bridgehead atoms. The summed E-state index contributed by atoms with van der Waals surface area (Å²) in [6.07, 6.45) is 7.77. The highest BCUT2D eigenvalue weighted by atomic mass is 16.5. The van der Waals surface area contributed by atoms with Gasteiger partial charge in [0.1, 0.15) is 0 Å². The SMILES string of the molecule is C1=COC(N2CCOCC2C2CCCO2)C1. The maximum absolute atomic E-state index is 5.78. The summed E-state index contributed by atoms with van der Waals surface area (Å²) in [6, 6.07) is 0.376. The maximum Gasteiger partial charge on any atom is 0.155 e. The second-order valence-electron chi connectivity index (χ2n) is 4.63. The van der Waals surface area contributed by atoms with E-state index in [1.54, 1.807) is 0 Å². The van der Waals surface area contributed by atoms with Crippen molar-refractivity contribution in [2.75, 3.05) is 26.4 Å². The van der Waals surface area contributed by atoms with Gasteiger partial charge < -0.3 is 14.2 Å². The van der Waals surface area contributed by atoms with Gasteiger partial charge in [-0.3, -0.25) is 4.90 Å². The average molecular weight is 225 g/mol. The van der Waals surface area contributed by atoms with Crippen LogP contribution in [0.1, 0.15) is 19.3 Å². The molecule has 0 aromatic carbocycles. The second kappa shape index (κ2) is 4.73. The van der Waals surface area contributed by atoms with Crippen LogP contribution in [0.2, 0.25) is 0 Å². The molecule has 0 radical (unpaired) electrons. The Morgan fingerprint density at radius 2 is 2.25 bits per heavy atom. The molecular formula is C12H19NO3. The van der Waals surface area contributed by atoms with Crippen molar-refractivity contribution in [2.45, 2.75) is 37.6 Å². The Hall–Kier alpha value is -0.580. The molecule has 90 valence electrons. The molecule has 2 fully saturated rings. The Morgan fingerprint density at radius 3 is 3.00 bits per heavy atom. The van der Waals surface area contributed by atoms with Crippen LogP contribution in [0.3, 0.4) is 0 Å². The van der Waals surface area contributed by atoms with E-state index in [9.17, 15) is 0 Å². The third-order valence-corrected chi connectivity index (χ3v) is 3.64. The summed E-state index contributed by atoms with van der Waals surface area (Å²) in [5, 5.41) is 0. The van der Waals surface area contributed by atoms with Gasteiger partial charge in [-0.25, -0.2) is 0 Å². The molecule has 3 aliphatic heterocycles. The molecule has 4 nitrogen and oxygen atoms in total. The van der Waals surface area contributed by atoms with Gasteiger partial charge in [0.15, 0.2) is 6.23 Å². The maximum atomic E-state index is 5.78. The molecular weight excluding hydrogens is 206 g/mol. The van der Waals surface area contributed by atoms with E-state index in [1.807, 2.05) is 6.26 Å². The van der Waals surface area contributed by atoms with Gasteiger partial charge in [0.2, 0.25) is 0 Å². The van der Waals surface area contributed by atoms with Crippen LogP contribution in [0.5, 0.6) is 0 Å². The van der Waals surface area contributed by atoms with Crippen LogP contribution >= 0.6 is 0 Å². The van der Waals surface area contributed by atoms with Crippen molar-refractivity contribution in [2.24, 2.45) is 0 Å². The van der Waals surface area contributed by atoms with Crippen molar-refractivity contribution < 1.29 is 14.2 Å². The quantitative estimate of drug-likeness (QED) is 0.705. The molecule has 3 atom stereocenters. The summed E-state index contributed by atoms with van der Waals surface area (Å²) in [7, 11) is 0. The lowest BCUT2D eigenvalue weighted by Gasteiger charge is -2.41. The highest BCUT2D eigenvalue weighted by Crippen LogP contribution is 2.26. The topological polar surface area (TPSA) is 30.9 Å². The fourth-order valence-corrected chi connectivity index (χ4v) is 2.81. The molecule has 0 N–H and O–H groups in total. The van der Waals surface area contributed by atoms with Crippen molar-refractivity contribution in [3.63, 3.8) is 0 Å². The zero-order valence-electron chi connectivity index (χ0n) is 9.51. The van der Waals surface area contributed by atoms with Crippen molar-refractivity contribution in [1.82, 2.24) is 4.90 Å². The molecule has 0 aliphatic carbocycles. The number of rotatable bonds is 2. The molecule has 16 heavy (non-hydrogen) atoms. The van der Waals surface area contributed by atoms with Gasteiger partial charge >= 0.3 is 0 Å². The Morgan fingerprint density at radius 1 is 1.25 bits per heavy atom. The first-order valence-electron chi connectivity index (χ1n) is 6.21. The highest BCUT2D eigenvalue weighted by molar-refractivity contribution is 4.93. The summed E-state index contributed by atoms with van der Waals surface area (Å²) in [6.45, 7) is 3.45. The smallest absolute Gasteiger partial charge is 0.155 e. The molecule has 0 spiro atoms. The molecule has 4 heteroatoms. The lowest BCUT2D eigenvalue weighted by Crippen LogP contribution is -2.55. The van der Waals surface area contributed by atoms with Crippen LogP contribution in [0.15, 0.2) is 12.3 Å². The molecule has 0 saturated carbocycles. The van der Waals surface area contributed by atoms with Gasteiger partial charge in [0, 0.05) is 19.6 Å². The zero-order chi connectivity index (χ0) is 10.8. The Balaban J connectivity index is 1.67. The Kier molecular flexibility index (Phi) is 3.13. The first-order chi connectivity index (χ1) is 7.95. The second-order valence-corrected chi connectivity index (χ2v) is 4.63. The van der Waals surface area contributed by atoms with Crippen molar-refractivity contribution >= 4 is 0 Å². The third kappa shape index (κ3) is 1.97. The molecule has 3 heterocycles. The third-order valence-electron chi connectivity index (χ3n) is 3.64. The minimum absolute atomic E-state index is 0.207. The van der Waals surface area contributed by atoms with Crippen LogP contribution in [-0.2, 0) is 14.2 Å². The van der Waals surface area contributed by atoms with E-state index >= 15 is 0 Å². The summed E-state index contributed by atoms with van der Waals surface area (Å²) in [4.78, 5) is 2.42. The van der Waals surface area contributed by atoms with E-state index in [1.165, 1.54) is 6.42 Å². The monoisotopic (exact) mass is 225 g/mol. The zero-order valence-corrected chi connectivity index (χ0v) is 9.51. The van der Waals surface area contributed by atoms with Crippen molar-refractivity contribution in [3.05, 3.63) is 12.3 Å². The molecule has 3 aliphatic rings. The van der Waals surface area contributed by atoms with E-state index < -0.39 is 0 Å². The fourth-order valence-electron chi connectivity index (χ4n) is 2.81. The van der Waals surface area contributed by atoms with Gasteiger partial charge in [-0.05, 0) is 18.9 Å². The number of ether oxygens (including phenoxy) is 3. The molecule has 0 aromatic rings. The van der Waals surface area contributed by atoms with E-state index in [4.69, 9.17) is 14.2 Å². The van der Waals surface area contributed by atoms with E-state index in [0.717, 1.165) is 39.2 Å². The normalized spacial score (nSPS) is 40.1. The highest BCUT2D eigenvalue weighted by Gasteiger charge is 2.37. The lowest BCUT2D eigenvalue weighted by molar-refractivity contribution is -0.124. The largest absolute Gasteiger partial charge is 0.483 e. The first-order valence-corrected chi connectivity index (χ1v) is 6.21. The minimum Gasteiger partial charge on any atom is -0.483 e. The standard InChI is InChI=1S/C12H19NO3/c1-3-11(15-6-1)10-9-14-8-5-13(10)12-4-2-7-16-12/h2,7,10-12H,1,3-6,8-9H2. The Labute approximate surface area is 96.1 Å². The summed E-state index contributed by atoms with van der Waals surface area (Å²) in [5.74, 6) is 0. The average Bonchev–Trinajstić information content (AvgIpc) is 3.03. The van der Waals surface area contributed by atoms with Crippen molar-refractivity contribution in [1.29, 1.82) is 0 Å². The Bertz CT molecular complexity index is 245. The number of nitrogens with zero attached hydrogens (tertiary/aromatic N) is 1. The van der Waals surface area contributed by atoms with Crippen LogP contribution in [-0.4, -0.2) is 49.6 Å². The predicted octanol–water partition coefficient (Wildman–Crippen LogP) is 1.13. The van der Waals surface area contributed by atoms with Gasteiger partial charge in [0.25, 0.3) is 0 Å². The summed E-state index contributed by atoms with van der Waals surface area (Å²) >= 11 is 0. The fraction of sp³-hybridized carbons (Fsp3) is 0.833. The van der Waals surface area contributed by atoms with Crippen LogP contribution in [0.4, 0.5) is 0 Å². The van der Waals surface area contributed by atoms with Gasteiger partial charge in [-0.1, -0.05) is 0 Å². The lowest BCUT2D eigenvalue weighted by atomic mass is 10.1. The first kappa shape index (κ1) is 10.6. The van der Waals surface area contributed by atoms with Crippen molar-refractivity contribution in [3.8, 4) is 0 Å². The van der Waals surface area contributed by atoms with E-state index in [2.05, 4.69) is 11.0 Å². The van der Waals surface area contributed by atoms with E-state index in [-0.39, 0.29) is 6.23 Å². The molecule has 0 aromatic heterocycles. The van der Waals surface area contributed by atoms with E-state index in [0.29, 0.717) is 12.1 Å². The van der Waals surface area contributed by atoms with Gasteiger partial charge in [-0.15, -0.1) is 0 Å². The number of hydrogen-bond acceptors (Lipinski definition) is 4. The summed E-state index contributed by atoms with van der Waals surface area (Å²) in [5.41, 5.74) is 0. The van der Waals surface area contributed by atoms with Gasteiger partial charge in [-0.2, -0.15) is 0 Å². The number of hydrogen-bond donors (Lipinski definition) is 0. The van der Waals surface area contributed by atoms with Crippen LogP contribution < -0.4 is 0 Å². The van der Waals surface area contributed by atoms with Crippen LogP contribution in [0, 0.1) is 0 Å².